The van der Waals surface area contributed by atoms with E-state index in [4.69, 9.17) is 11.6 Å². The lowest BCUT2D eigenvalue weighted by atomic mass is 9.91. The molecule has 0 spiro atoms. The van der Waals surface area contributed by atoms with Gasteiger partial charge in [0.1, 0.15) is 6.54 Å². The zero-order valence-corrected chi connectivity index (χ0v) is 11.8. The van der Waals surface area contributed by atoms with Gasteiger partial charge < -0.3 is 0 Å². The molecule has 19 heavy (non-hydrogen) atoms. The van der Waals surface area contributed by atoms with Crippen LogP contribution in [0.25, 0.3) is 11.4 Å². The molecular formula is C13H15ClN4O. The molecule has 0 aliphatic carbocycles. The molecule has 0 saturated heterocycles. The van der Waals surface area contributed by atoms with Gasteiger partial charge in [-0.3, -0.25) is 4.79 Å². The summed E-state index contributed by atoms with van der Waals surface area (Å²) >= 11 is 5.84. The molecule has 1 aromatic carbocycles. The van der Waals surface area contributed by atoms with E-state index in [9.17, 15) is 4.79 Å². The van der Waals surface area contributed by atoms with Crippen LogP contribution in [0, 0.1) is 5.41 Å². The van der Waals surface area contributed by atoms with Gasteiger partial charge in [-0.25, -0.2) is 4.68 Å². The van der Waals surface area contributed by atoms with E-state index in [1.165, 1.54) is 4.68 Å². The van der Waals surface area contributed by atoms with Gasteiger partial charge in [0.2, 0.25) is 0 Å². The normalized spacial score (nSPS) is 11.6. The molecule has 0 aliphatic heterocycles. The topological polar surface area (TPSA) is 60.7 Å². The van der Waals surface area contributed by atoms with Crippen molar-refractivity contribution in [1.29, 1.82) is 0 Å². The maximum Gasteiger partial charge on any atom is 0.182 e. The summed E-state index contributed by atoms with van der Waals surface area (Å²) in [6.07, 6.45) is 0. The third-order valence-electron chi connectivity index (χ3n) is 2.76. The zero-order valence-electron chi connectivity index (χ0n) is 11.1. The van der Waals surface area contributed by atoms with Crippen molar-refractivity contribution in [1.82, 2.24) is 20.2 Å². The van der Waals surface area contributed by atoms with Crippen LogP contribution in [0.15, 0.2) is 24.3 Å². The number of carbonyl (C=O) groups is 1. The number of nitrogens with zero attached hydrogens (tertiary/aromatic N) is 4. The molecule has 0 saturated carbocycles. The number of hydrogen-bond acceptors (Lipinski definition) is 4. The second-order valence-electron chi connectivity index (χ2n) is 5.34. The summed E-state index contributed by atoms with van der Waals surface area (Å²) in [7, 11) is 0. The molecule has 0 bridgehead atoms. The van der Waals surface area contributed by atoms with Gasteiger partial charge in [0.05, 0.1) is 0 Å². The first-order valence-corrected chi connectivity index (χ1v) is 6.31. The van der Waals surface area contributed by atoms with Crippen LogP contribution in [0.5, 0.6) is 0 Å². The van der Waals surface area contributed by atoms with Crippen molar-refractivity contribution in [3.63, 3.8) is 0 Å². The first kappa shape index (κ1) is 13.7. The molecule has 0 N–H and O–H groups in total. The zero-order chi connectivity index (χ0) is 14.0. The molecule has 0 unspecified atom stereocenters. The molecule has 1 aromatic heterocycles. The molecule has 1 heterocycles. The third-order valence-corrected chi connectivity index (χ3v) is 3.02. The van der Waals surface area contributed by atoms with Crippen molar-refractivity contribution in [2.24, 2.45) is 5.41 Å². The second-order valence-corrected chi connectivity index (χ2v) is 5.78. The predicted octanol–water partition coefficient (Wildman–Crippen LogP) is 2.61. The molecule has 0 fully saturated rings. The summed E-state index contributed by atoms with van der Waals surface area (Å²) in [5.74, 6) is 0.643. The van der Waals surface area contributed by atoms with Gasteiger partial charge in [-0.2, -0.15) is 0 Å². The van der Waals surface area contributed by atoms with Crippen molar-refractivity contribution >= 4 is 17.4 Å². The van der Waals surface area contributed by atoms with E-state index in [1.807, 2.05) is 32.9 Å². The fourth-order valence-electron chi connectivity index (χ4n) is 1.49. The maximum atomic E-state index is 12.0. The SMILES string of the molecule is CC(C)(C)C(=O)Cn1nnnc1-c1ccc(Cl)cc1. The predicted molar refractivity (Wildman–Crippen MR) is 72.7 cm³/mol. The molecule has 0 amide bonds. The molecule has 6 heteroatoms. The molecule has 0 aliphatic rings. The van der Waals surface area contributed by atoms with Gasteiger partial charge in [-0.15, -0.1) is 5.10 Å². The van der Waals surface area contributed by atoms with Crippen molar-refractivity contribution < 1.29 is 4.79 Å². The molecule has 2 aromatic rings. The summed E-state index contributed by atoms with van der Waals surface area (Å²) in [4.78, 5) is 12.0. The standard InChI is InChI=1S/C13H15ClN4O/c1-13(2,3)11(19)8-18-12(15-16-17-18)9-4-6-10(14)7-5-9/h4-7H,8H2,1-3H3. The Balaban J connectivity index is 2.28. The smallest absolute Gasteiger partial charge is 0.182 e. The van der Waals surface area contributed by atoms with Gasteiger partial charge in [0.25, 0.3) is 0 Å². The Hall–Kier alpha value is -1.75. The summed E-state index contributed by atoms with van der Waals surface area (Å²) < 4.78 is 1.51. The number of aromatic nitrogens is 4. The van der Waals surface area contributed by atoms with Crippen LogP contribution in [0.3, 0.4) is 0 Å². The molecule has 0 atom stereocenters. The Morgan fingerprint density at radius 1 is 1.26 bits per heavy atom. The van der Waals surface area contributed by atoms with E-state index in [0.29, 0.717) is 10.8 Å². The Bertz CT molecular complexity index is 583. The van der Waals surface area contributed by atoms with Crippen LogP contribution in [0.4, 0.5) is 0 Å². The van der Waals surface area contributed by atoms with Crippen LogP contribution in [0.1, 0.15) is 20.8 Å². The molecule has 2 rings (SSSR count). The van der Waals surface area contributed by atoms with E-state index < -0.39 is 5.41 Å². The summed E-state index contributed by atoms with van der Waals surface area (Å²) in [6, 6.07) is 7.18. The largest absolute Gasteiger partial charge is 0.297 e. The van der Waals surface area contributed by atoms with E-state index in [1.54, 1.807) is 12.1 Å². The maximum absolute atomic E-state index is 12.0. The minimum Gasteiger partial charge on any atom is -0.297 e. The summed E-state index contributed by atoms with van der Waals surface area (Å²) in [5.41, 5.74) is 0.416. The van der Waals surface area contributed by atoms with Crippen LogP contribution in [-0.4, -0.2) is 26.0 Å². The average molecular weight is 279 g/mol. The average Bonchev–Trinajstić information content (AvgIpc) is 2.77. The molecule has 100 valence electrons. The first-order valence-electron chi connectivity index (χ1n) is 5.93. The first-order chi connectivity index (χ1) is 8.88. The number of halogens is 1. The number of carbonyl (C=O) groups excluding carboxylic acids is 1. The molecule has 5 nitrogen and oxygen atoms in total. The highest BCUT2D eigenvalue weighted by atomic mass is 35.5. The number of benzene rings is 1. The Kier molecular flexibility index (Phi) is 3.66. The van der Waals surface area contributed by atoms with Crippen LogP contribution < -0.4 is 0 Å². The minimum absolute atomic E-state index is 0.0787. The van der Waals surface area contributed by atoms with E-state index in [2.05, 4.69) is 15.5 Å². The lowest BCUT2D eigenvalue weighted by Crippen LogP contribution is -2.25. The van der Waals surface area contributed by atoms with Crippen LogP contribution in [0.2, 0.25) is 5.02 Å². The summed E-state index contributed by atoms with van der Waals surface area (Å²) in [6.45, 7) is 5.79. The lowest BCUT2D eigenvalue weighted by molar-refractivity contribution is -0.127. The van der Waals surface area contributed by atoms with Gasteiger partial charge in [-0.1, -0.05) is 32.4 Å². The van der Waals surface area contributed by atoms with Crippen molar-refractivity contribution in [3.8, 4) is 11.4 Å². The van der Waals surface area contributed by atoms with Crippen molar-refractivity contribution in [2.75, 3.05) is 0 Å². The number of Topliss-reactive ketones (excluding diaryl/α,β-unsaturated/α-hetero) is 1. The fourth-order valence-corrected chi connectivity index (χ4v) is 1.62. The van der Waals surface area contributed by atoms with Crippen molar-refractivity contribution in [2.45, 2.75) is 27.3 Å². The number of tetrazole rings is 1. The fraction of sp³-hybridized carbons (Fsp3) is 0.385. The van der Waals surface area contributed by atoms with Gasteiger partial charge in [0.15, 0.2) is 11.6 Å². The van der Waals surface area contributed by atoms with Crippen LogP contribution >= 0.6 is 11.6 Å². The van der Waals surface area contributed by atoms with Crippen molar-refractivity contribution in [3.05, 3.63) is 29.3 Å². The van der Waals surface area contributed by atoms with Crippen LogP contribution in [-0.2, 0) is 11.3 Å². The second kappa shape index (κ2) is 5.09. The van der Waals surface area contributed by atoms with E-state index >= 15 is 0 Å². The number of hydrogen-bond donors (Lipinski definition) is 0. The highest BCUT2D eigenvalue weighted by molar-refractivity contribution is 6.30. The summed E-state index contributed by atoms with van der Waals surface area (Å²) in [5, 5.41) is 12.1. The Morgan fingerprint density at radius 2 is 1.89 bits per heavy atom. The number of ketones is 1. The van der Waals surface area contributed by atoms with Gasteiger partial charge in [0, 0.05) is 16.0 Å². The van der Waals surface area contributed by atoms with Gasteiger partial charge in [-0.05, 0) is 34.7 Å². The highest BCUT2D eigenvalue weighted by Gasteiger charge is 2.23. The Morgan fingerprint density at radius 3 is 2.47 bits per heavy atom. The molecular weight excluding hydrogens is 264 g/mol. The Labute approximate surface area is 116 Å². The third kappa shape index (κ3) is 3.17. The minimum atomic E-state index is -0.413. The van der Waals surface area contributed by atoms with E-state index in [-0.39, 0.29) is 12.3 Å². The lowest BCUT2D eigenvalue weighted by Gasteiger charge is -2.16. The number of rotatable bonds is 3. The van der Waals surface area contributed by atoms with E-state index in [0.717, 1.165) is 5.56 Å². The monoisotopic (exact) mass is 278 g/mol. The quantitative estimate of drug-likeness (QED) is 0.866. The molecule has 0 radical (unpaired) electrons. The highest BCUT2D eigenvalue weighted by Crippen LogP contribution is 2.20. The van der Waals surface area contributed by atoms with Gasteiger partial charge >= 0.3 is 0 Å².